The zero-order chi connectivity index (χ0) is 20.5. The van der Waals surface area contributed by atoms with Crippen LogP contribution >= 0.6 is 0 Å². The van der Waals surface area contributed by atoms with Crippen molar-refractivity contribution < 1.29 is 22.7 Å². The van der Waals surface area contributed by atoms with Crippen LogP contribution in [-0.4, -0.2) is 43.8 Å². The molecule has 0 spiro atoms. The predicted octanol–water partition coefficient (Wildman–Crippen LogP) is 1.74. The first kappa shape index (κ1) is 21.4. The van der Waals surface area contributed by atoms with Crippen molar-refractivity contribution >= 4 is 21.9 Å². The van der Waals surface area contributed by atoms with E-state index >= 15 is 0 Å². The summed E-state index contributed by atoms with van der Waals surface area (Å²) in [5.41, 5.74) is 8.51. The minimum absolute atomic E-state index is 0.235. The number of benzene rings is 1. The van der Waals surface area contributed by atoms with Crippen molar-refractivity contribution in [3.63, 3.8) is 0 Å². The number of hydrogen-bond acceptors (Lipinski definition) is 5. The van der Waals surface area contributed by atoms with Crippen LogP contribution in [0.4, 0.5) is 0 Å². The van der Waals surface area contributed by atoms with Gasteiger partial charge in [-0.25, -0.2) is 8.42 Å². The second kappa shape index (κ2) is 7.98. The van der Waals surface area contributed by atoms with Crippen LogP contribution in [0.1, 0.15) is 42.0 Å². The van der Waals surface area contributed by atoms with E-state index in [0.29, 0.717) is 17.7 Å². The van der Waals surface area contributed by atoms with Gasteiger partial charge in [-0.1, -0.05) is 6.07 Å². The zero-order valence-corrected chi connectivity index (χ0v) is 17.4. The fourth-order valence-electron chi connectivity index (χ4n) is 3.36. The molecule has 2 N–H and O–H groups in total. The van der Waals surface area contributed by atoms with E-state index in [4.69, 9.17) is 10.5 Å². The SMILES string of the molecule is Cc1cc(C)c(C)c(S(=O)(=O)N2CCC(C(=O)O[C@@H](C)C(N)=O)CC2)c1C. The first-order valence-electron chi connectivity index (χ1n) is 9.04. The lowest BCUT2D eigenvalue weighted by molar-refractivity contribution is -0.159. The van der Waals surface area contributed by atoms with E-state index in [-0.39, 0.29) is 13.1 Å². The maximum Gasteiger partial charge on any atom is 0.309 e. The molecule has 8 heteroatoms. The topological polar surface area (TPSA) is 107 Å². The molecule has 1 aromatic carbocycles. The van der Waals surface area contributed by atoms with Crippen molar-refractivity contribution in [3.05, 3.63) is 28.3 Å². The molecule has 0 aliphatic carbocycles. The van der Waals surface area contributed by atoms with Crippen LogP contribution in [-0.2, 0) is 24.3 Å². The number of nitrogens with two attached hydrogens (primary N) is 1. The van der Waals surface area contributed by atoms with E-state index in [1.807, 2.05) is 33.8 Å². The molecule has 7 nitrogen and oxygen atoms in total. The lowest BCUT2D eigenvalue weighted by Gasteiger charge is -2.31. The van der Waals surface area contributed by atoms with E-state index in [9.17, 15) is 18.0 Å². The molecule has 1 fully saturated rings. The van der Waals surface area contributed by atoms with E-state index in [1.54, 1.807) is 0 Å². The van der Waals surface area contributed by atoms with Gasteiger partial charge in [0.1, 0.15) is 0 Å². The maximum absolute atomic E-state index is 13.2. The van der Waals surface area contributed by atoms with Crippen molar-refractivity contribution in [1.29, 1.82) is 0 Å². The number of nitrogens with zero attached hydrogens (tertiary/aromatic N) is 1. The largest absolute Gasteiger partial charge is 0.452 e. The fraction of sp³-hybridized carbons (Fsp3) is 0.579. The average Bonchev–Trinajstić information content (AvgIpc) is 2.60. The van der Waals surface area contributed by atoms with E-state index < -0.39 is 33.9 Å². The van der Waals surface area contributed by atoms with Gasteiger partial charge in [0, 0.05) is 13.1 Å². The number of carbonyl (C=O) groups excluding carboxylic acids is 2. The van der Waals surface area contributed by atoms with Crippen molar-refractivity contribution in [1.82, 2.24) is 4.31 Å². The number of esters is 1. The van der Waals surface area contributed by atoms with Crippen LogP contribution in [0.25, 0.3) is 0 Å². The molecular formula is C19H28N2O5S. The van der Waals surface area contributed by atoms with Crippen LogP contribution in [0.2, 0.25) is 0 Å². The van der Waals surface area contributed by atoms with Gasteiger partial charge in [0.05, 0.1) is 10.8 Å². The third kappa shape index (κ3) is 4.32. The molecule has 2 rings (SSSR count). The Morgan fingerprint density at radius 1 is 1.11 bits per heavy atom. The minimum atomic E-state index is -3.65. The van der Waals surface area contributed by atoms with Gasteiger partial charge in [0.15, 0.2) is 6.10 Å². The summed E-state index contributed by atoms with van der Waals surface area (Å²) in [6, 6.07) is 1.99. The normalized spacial score (nSPS) is 17.5. The van der Waals surface area contributed by atoms with E-state index in [1.165, 1.54) is 11.2 Å². The molecule has 0 aromatic heterocycles. The smallest absolute Gasteiger partial charge is 0.309 e. The Hall–Kier alpha value is -1.93. The van der Waals surface area contributed by atoms with Crippen LogP contribution in [0.3, 0.4) is 0 Å². The third-order valence-electron chi connectivity index (χ3n) is 5.38. The number of primary amides is 1. The summed E-state index contributed by atoms with van der Waals surface area (Å²) in [6.45, 7) is 9.35. The van der Waals surface area contributed by atoms with Crippen LogP contribution < -0.4 is 5.73 Å². The number of piperidine rings is 1. The standard InChI is InChI=1S/C19H28N2O5S/c1-11-10-12(2)14(4)17(13(11)3)27(24,25)21-8-6-16(7-9-21)19(23)26-15(5)18(20)22/h10,15-16H,6-9H2,1-5H3,(H2,20,22)/t15-/m0/s1. The molecule has 1 heterocycles. The fourth-order valence-corrected chi connectivity index (χ4v) is 5.40. The molecule has 0 unspecified atom stereocenters. The van der Waals surface area contributed by atoms with Gasteiger partial charge in [0.25, 0.3) is 5.91 Å². The van der Waals surface area contributed by atoms with E-state index in [0.717, 1.165) is 22.3 Å². The zero-order valence-electron chi connectivity index (χ0n) is 16.5. The maximum atomic E-state index is 13.2. The Morgan fingerprint density at radius 3 is 2.04 bits per heavy atom. The number of sulfonamides is 1. The monoisotopic (exact) mass is 396 g/mol. The molecular weight excluding hydrogens is 368 g/mol. The summed E-state index contributed by atoms with van der Waals surface area (Å²) >= 11 is 0. The second-order valence-corrected chi connectivity index (χ2v) is 9.12. The highest BCUT2D eigenvalue weighted by Crippen LogP contribution is 2.31. The number of rotatable bonds is 5. The Morgan fingerprint density at radius 2 is 1.59 bits per heavy atom. The van der Waals surface area contributed by atoms with Crippen molar-refractivity contribution in [2.24, 2.45) is 11.7 Å². The Kier molecular flexibility index (Phi) is 6.32. The highest BCUT2D eigenvalue weighted by atomic mass is 32.2. The molecule has 150 valence electrons. The summed E-state index contributed by atoms with van der Waals surface area (Å²) in [7, 11) is -3.65. The summed E-state index contributed by atoms with van der Waals surface area (Å²) in [6.07, 6.45) is -0.279. The first-order valence-corrected chi connectivity index (χ1v) is 10.5. The van der Waals surface area contributed by atoms with E-state index in [2.05, 4.69) is 0 Å². The molecule has 0 saturated carbocycles. The van der Waals surface area contributed by atoms with Gasteiger partial charge in [-0.15, -0.1) is 0 Å². The number of hydrogen-bond donors (Lipinski definition) is 1. The lowest BCUT2D eigenvalue weighted by Crippen LogP contribution is -2.42. The molecule has 1 aromatic rings. The van der Waals surface area contributed by atoms with Gasteiger partial charge in [-0.05, 0) is 69.7 Å². The summed E-state index contributed by atoms with van der Waals surface area (Å²) in [5, 5.41) is 0. The molecule has 1 aliphatic rings. The van der Waals surface area contributed by atoms with Crippen LogP contribution in [0.15, 0.2) is 11.0 Å². The van der Waals surface area contributed by atoms with Crippen LogP contribution in [0, 0.1) is 33.6 Å². The second-order valence-electron chi connectivity index (χ2n) is 7.25. The average molecular weight is 397 g/mol. The third-order valence-corrected chi connectivity index (χ3v) is 7.55. The summed E-state index contributed by atoms with van der Waals surface area (Å²) in [4.78, 5) is 23.5. The highest BCUT2D eigenvalue weighted by Gasteiger charge is 2.35. The Labute approximate surface area is 160 Å². The molecule has 27 heavy (non-hydrogen) atoms. The lowest BCUT2D eigenvalue weighted by atomic mass is 9.98. The molecule has 0 bridgehead atoms. The molecule has 1 amide bonds. The molecule has 0 radical (unpaired) electrons. The summed E-state index contributed by atoms with van der Waals surface area (Å²) in [5.74, 6) is -1.64. The van der Waals surface area contributed by atoms with Gasteiger partial charge in [-0.3, -0.25) is 9.59 Å². The first-order chi connectivity index (χ1) is 12.5. The van der Waals surface area contributed by atoms with Gasteiger partial charge in [0.2, 0.25) is 10.0 Å². The van der Waals surface area contributed by atoms with Gasteiger partial charge < -0.3 is 10.5 Å². The van der Waals surface area contributed by atoms with Gasteiger partial charge in [-0.2, -0.15) is 4.31 Å². The number of ether oxygens (including phenoxy) is 1. The van der Waals surface area contributed by atoms with Crippen molar-refractivity contribution in [2.45, 2.75) is 58.5 Å². The molecule has 1 aliphatic heterocycles. The summed E-state index contributed by atoms with van der Waals surface area (Å²) < 4.78 is 32.9. The quantitative estimate of drug-likeness (QED) is 0.763. The number of aryl methyl sites for hydroxylation is 2. The van der Waals surface area contributed by atoms with Crippen molar-refractivity contribution in [2.75, 3.05) is 13.1 Å². The minimum Gasteiger partial charge on any atom is -0.452 e. The predicted molar refractivity (Wildman–Crippen MR) is 102 cm³/mol. The number of amides is 1. The molecule has 1 atom stereocenters. The Bertz CT molecular complexity index is 829. The number of carbonyl (C=O) groups is 2. The van der Waals surface area contributed by atoms with Gasteiger partial charge >= 0.3 is 5.97 Å². The Balaban J connectivity index is 2.16. The van der Waals surface area contributed by atoms with Crippen molar-refractivity contribution in [3.8, 4) is 0 Å². The molecule has 1 saturated heterocycles. The van der Waals surface area contributed by atoms with Crippen LogP contribution in [0.5, 0.6) is 0 Å². The highest BCUT2D eigenvalue weighted by molar-refractivity contribution is 7.89.